The van der Waals surface area contributed by atoms with Gasteiger partial charge >= 0.3 is 5.97 Å². The molecule has 2 aromatic rings. The Morgan fingerprint density at radius 3 is 2.21 bits per heavy atom. The lowest BCUT2D eigenvalue weighted by Crippen LogP contribution is -2.40. The zero-order valence-corrected chi connectivity index (χ0v) is 19.1. The second kappa shape index (κ2) is 7.49. The molecular formula is C28H25NO5. The van der Waals surface area contributed by atoms with Gasteiger partial charge in [-0.1, -0.05) is 36.4 Å². The highest BCUT2D eigenvalue weighted by molar-refractivity contribution is 6.24. The van der Waals surface area contributed by atoms with E-state index in [0.29, 0.717) is 17.4 Å². The van der Waals surface area contributed by atoms with E-state index in [1.807, 2.05) is 19.9 Å². The third-order valence-corrected chi connectivity index (χ3v) is 8.19. The number of ether oxygens (including phenoxy) is 1. The number of benzene rings is 2. The summed E-state index contributed by atoms with van der Waals surface area (Å²) in [4.78, 5) is 53.6. The van der Waals surface area contributed by atoms with Crippen LogP contribution in [0.15, 0.2) is 54.6 Å². The van der Waals surface area contributed by atoms with Gasteiger partial charge in [-0.15, -0.1) is 0 Å². The first kappa shape index (κ1) is 21.0. The number of para-hydroxylation sites is 1. The van der Waals surface area contributed by atoms with Crippen LogP contribution in [0, 0.1) is 49.4 Å². The van der Waals surface area contributed by atoms with Crippen LogP contribution in [0.4, 0.5) is 5.69 Å². The quantitative estimate of drug-likeness (QED) is 0.296. The molecule has 172 valence electrons. The van der Waals surface area contributed by atoms with Gasteiger partial charge in [0.1, 0.15) is 0 Å². The minimum atomic E-state index is -0.729. The number of aryl methyl sites for hydroxylation is 2. The fourth-order valence-electron chi connectivity index (χ4n) is 6.24. The molecule has 2 amide bonds. The molecule has 0 spiro atoms. The number of carbonyl (C=O) groups excluding carboxylic acids is 4. The number of Topliss-reactive ketones (excluding diaryl/α,β-unsaturated/α-hetero) is 1. The van der Waals surface area contributed by atoms with Crippen molar-refractivity contribution in [1.82, 2.24) is 0 Å². The largest absolute Gasteiger partial charge is 0.454 e. The van der Waals surface area contributed by atoms with E-state index >= 15 is 0 Å². The normalized spacial score (nSPS) is 30.2. The molecule has 0 N–H and O–H groups in total. The fourth-order valence-corrected chi connectivity index (χ4v) is 6.24. The number of allylic oxidation sites excluding steroid dienone is 2. The van der Waals surface area contributed by atoms with Crippen molar-refractivity contribution < 1.29 is 23.9 Å². The van der Waals surface area contributed by atoms with Crippen molar-refractivity contribution in [3.8, 4) is 0 Å². The summed E-state index contributed by atoms with van der Waals surface area (Å²) in [5.41, 5.74) is 2.88. The number of hydrogen-bond donors (Lipinski definition) is 0. The van der Waals surface area contributed by atoms with Gasteiger partial charge in [-0.2, -0.15) is 0 Å². The minimum Gasteiger partial charge on any atom is -0.454 e. The van der Waals surface area contributed by atoms with Gasteiger partial charge in [0.15, 0.2) is 12.4 Å². The van der Waals surface area contributed by atoms with E-state index in [0.717, 1.165) is 17.5 Å². The molecule has 2 bridgehead atoms. The second-order valence-electron chi connectivity index (χ2n) is 9.98. The van der Waals surface area contributed by atoms with Crippen molar-refractivity contribution in [2.75, 3.05) is 11.5 Å². The maximum absolute atomic E-state index is 13.5. The molecule has 3 fully saturated rings. The van der Waals surface area contributed by atoms with Gasteiger partial charge in [-0.25, -0.2) is 9.69 Å². The summed E-state index contributed by atoms with van der Waals surface area (Å²) >= 11 is 0. The Kier molecular flexibility index (Phi) is 4.63. The number of rotatable bonds is 5. The van der Waals surface area contributed by atoms with Crippen LogP contribution in [-0.4, -0.2) is 30.2 Å². The summed E-state index contributed by atoms with van der Waals surface area (Å²) in [5.74, 6) is -0.968. The van der Waals surface area contributed by atoms with Crippen LogP contribution in [-0.2, 0) is 14.3 Å². The van der Waals surface area contributed by atoms with Crippen LogP contribution in [0.1, 0.15) is 38.3 Å². The zero-order valence-electron chi connectivity index (χ0n) is 19.1. The molecule has 6 nitrogen and oxygen atoms in total. The number of amides is 2. The van der Waals surface area contributed by atoms with Crippen LogP contribution in [0.3, 0.4) is 0 Å². The summed E-state index contributed by atoms with van der Waals surface area (Å²) in [5, 5.41) is 0. The van der Waals surface area contributed by atoms with Crippen LogP contribution in [0.2, 0.25) is 0 Å². The van der Waals surface area contributed by atoms with Gasteiger partial charge in [-0.05, 0) is 73.3 Å². The molecule has 2 saturated carbocycles. The lowest BCUT2D eigenvalue weighted by Gasteiger charge is -2.37. The Labute approximate surface area is 197 Å². The number of carbonyl (C=O) groups is 4. The van der Waals surface area contributed by atoms with E-state index in [2.05, 4.69) is 12.2 Å². The summed E-state index contributed by atoms with van der Waals surface area (Å²) in [7, 11) is 0. The van der Waals surface area contributed by atoms with E-state index in [9.17, 15) is 19.2 Å². The smallest absolute Gasteiger partial charge is 0.340 e. The summed E-state index contributed by atoms with van der Waals surface area (Å²) in [6, 6.07) is 11.8. The highest BCUT2D eigenvalue weighted by Gasteiger charge is 2.67. The number of hydrogen-bond acceptors (Lipinski definition) is 5. The summed E-state index contributed by atoms with van der Waals surface area (Å²) < 4.78 is 5.33. The number of esters is 1. The van der Waals surface area contributed by atoms with Crippen molar-refractivity contribution in [2.24, 2.45) is 35.5 Å². The number of nitrogens with zero attached hydrogens (tertiary/aromatic N) is 1. The summed E-state index contributed by atoms with van der Waals surface area (Å²) in [6.07, 6.45) is 5.33. The van der Waals surface area contributed by atoms with Gasteiger partial charge in [0.05, 0.1) is 23.1 Å². The lowest BCUT2D eigenvalue weighted by atomic mass is 9.63. The molecule has 6 atom stereocenters. The average molecular weight is 456 g/mol. The molecule has 0 radical (unpaired) electrons. The minimum absolute atomic E-state index is 0.108. The molecule has 1 saturated heterocycles. The van der Waals surface area contributed by atoms with E-state index in [1.54, 1.807) is 30.3 Å². The van der Waals surface area contributed by atoms with Crippen LogP contribution >= 0.6 is 0 Å². The Bertz CT molecular complexity index is 1260. The third-order valence-electron chi connectivity index (χ3n) is 8.19. The van der Waals surface area contributed by atoms with Crippen molar-refractivity contribution in [3.05, 3.63) is 76.9 Å². The van der Waals surface area contributed by atoms with Gasteiger partial charge in [-0.3, -0.25) is 14.4 Å². The molecule has 0 unspecified atom stereocenters. The van der Waals surface area contributed by atoms with Crippen LogP contribution < -0.4 is 4.90 Å². The van der Waals surface area contributed by atoms with E-state index in [4.69, 9.17) is 4.74 Å². The second-order valence-corrected chi connectivity index (χ2v) is 9.98. The van der Waals surface area contributed by atoms with Crippen molar-refractivity contribution in [1.29, 1.82) is 0 Å². The Morgan fingerprint density at radius 1 is 0.912 bits per heavy atom. The van der Waals surface area contributed by atoms with E-state index < -0.39 is 12.6 Å². The number of ketones is 1. The van der Waals surface area contributed by atoms with Gasteiger partial charge < -0.3 is 4.74 Å². The standard InChI is InChI=1S/C28H25NO5/c1-14-7-8-16(11-15(14)2)23(30)13-34-28(33)19-5-3-4-6-22(19)29-26(31)24-17-9-10-18(21-12-20(17)21)25(24)27(29)32/h3-11,17-18,20-21,24-25H,12-13H2,1-2H3/t17-,18+,20-,21-,24+,25+/m1/s1. The topological polar surface area (TPSA) is 80.8 Å². The van der Waals surface area contributed by atoms with Gasteiger partial charge in [0.2, 0.25) is 11.8 Å². The molecule has 0 aromatic heterocycles. The van der Waals surface area contributed by atoms with Crippen LogP contribution in [0.5, 0.6) is 0 Å². The predicted molar refractivity (Wildman–Crippen MR) is 124 cm³/mol. The first-order chi connectivity index (χ1) is 16.4. The molecule has 7 rings (SSSR count). The maximum atomic E-state index is 13.5. The van der Waals surface area contributed by atoms with Crippen molar-refractivity contribution >= 4 is 29.3 Å². The SMILES string of the molecule is Cc1ccc(C(=O)COC(=O)c2ccccc2N2C(=O)[C@H]3[C@@H]4C=C[C@@H]([C@H]5C[C@H]45)[C@@H]3C2=O)cc1C. The zero-order chi connectivity index (χ0) is 23.7. The Balaban J connectivity index is 1.23. The van der Waals surface area contributed by atoms with E-state index in [-0.39, 0.29) is 52.5 Å². The first-order valence-corrected chi connectivity index (χ1v) is 11.8. The van der Waals surface area contributed by atoms with E-state index in [1.165, 1.54) is 11.0 Å². The predicted octanol–water partition coefficient (Wildman–Crippen LogP) is 3.90. The van der Waals surface area contributed by atoms with Gasteiger partial charge in [0, 0.05) is 5.56 Å². The van der Waals surface area contributed by atoms with Crippen LogP contribution in [0.25, 0.3) is 0 Å². The molecule has 34 heavy (non-hydrogen) atoms. The fraction of sp³-hybridized carbons (Fsp3) is 0.357. The lowest BCUT2D eigenvalue weighted by molar-refractivity contribution is -0.124. The highest BCUT2D eigenvalue weighted by Crippen LogP contribution is 2.65. The first-order valence-electron chi connectivity index (χ1n) is 11.8. The molecular weight excluding hydrogens is 430 g/mol. The average Bonchev–Trinajstić information content (AvgIpc) is 3.62. The monoisotopic (exact) mass is 455 g/mol. The number of imide groups is 1. The maximum Gasteiger partial charge on any atom is 0.340 e. The Hall–Kier alpha value is -3.54. The van der Waals surface area contributed by atoms with Crippen molar-refractivity contribution in [3.63, 3.8) is 0 Å². The molecule has 2 aromatic carbocycles. The molecule has 5 aliphatic rings. The third kappa shape index (κ3) is 3.01. The summed E-state index contributed by atoms with van der Waals surface area (Å²) in [6.45, 7) is 3.46. The molecule has 1 heterocycles. The molecule has 6 heteroatoms. The molecule has 4 aliphatic carbocycles. The highest BCUT2D eigenvalue weighted by atomic mass is 16.5. The van der Waals surface area contributed by atoms with Gasteiger partial charge in [0.25, 0.3) is 0 Å². The van der Waals surface area contributed by atoms with Crippen molar-refractivity contribution in [2.45, 2.75) is 20.3 Å². The molecule has 1 aliphatic heterocycles. The Morgan fingerprint density at radius 2 is 1.56 bits per heavy atom. The number of anilines is 1.